The zero-order valence-corrected chi connectivity index (χ0v) is 14.8. The molecule has 2 N–H and O–H groups in total. The van der Waals surface area contributed by atoms with E-state index in [-0.39, 0.29) is 18.0 Å². The molecule has 2 heteroatoms. The van der Waals surface area contributed by atoms with Crippen LogP contribution in [-0.2, 0) is 0 Å². The quantitative estimate of drug-likeness (QED) is 0.810. The van der Waals surface area contributed by atoms with Crippen molar-refractivity contribution < 1.29 is 5.11 Å². The van der Waals surface area contributed by atoms with Crippen LogP contribution in [-0.4, -0.2) is 10.7 Å². The summed E-state index contributed by atoms with van der Waals surface area (Å²) in [5.41, 5.74) is 1.91. The first-order valence-electron chi connectivity index (χ1n) is 9.22. The summed E-state index contributed by atoms with van der Waals surface area (Å²) in [6.07, 6.45) is 3.85. The average molecular weight is 323 g/mol. The first-order chi connectivity index (χ1) is 11.6. The first kappa shape index (κ1) is 17.2. The van der Waals surface area contributed by atoms with Crippen LogP contribution in [0.1, 0.15) is 62.7 Å². The molecule has 2 nitrogen and oxygen atoms in total. The van der Waals surface area contributed by atoms with Gasteiger partial charge in [-0.2, -0.15) is 0 Å². The summed E-state index contributed by atoms with van der Waals surface area (Å²) in [6, 6.07) is 21.5. The number of unbranched alkanes of at least 4 members (excludes halogenated alkanes) is 1. The van der Waals surface area contributed by atoms with E-state index in [0.717, 1.165) is 25.7 Å². The van der Waals surface area contributed by atoms with Gasteiger partial charge in [-0.3, -0.25) is 0 Å². The molecule has 0 aliphatic carbocycles. The van der Waals surface area contributed by atoms with Gasteiger partial charge in [-0.25, -0.2) is 0 Å². The Morgan fingerprint density at radius 1 is 1.00 bits per heavy atom. The van der Waals surface area contributed by atoms with Crippen molar-refractivity contribution in [2.45, 2.75) is 57.2 Å². The average Bonchev–Trinajstić information content (AvgIpc) is 2.64. The lowest BCUT2D eigenvalue weighted by molar-refractivity contribution is -0.0752. The van der Waals surface area contributed by atoms with E-state index in [1.165, 1.54) is 11.1 Å². The van der Waals surface area contributed by atoms with E-state index >= 15 is 0 Å². The minimum atomic E-state index is -0.623. The highest BCUT2D eigenvalue weighted by atomic mass is 16.3. The summed E-state index contributed by atoms with van der Waals surface area (Å²) < 4.78 is 0. The fourth-order valence-corrected chi connectivity index (χ4v) is 4.03. The third-order valence-corrected chi connectivity index (χ3v) is 5.61. The maximum absolute atomic E-state index is 11.5. The summed E-state index contributed by atoms with van der Waals surface area (Å²) in [7, 11) is 0. The van der Waals surface area contributed by atoms with Crippen LogP contribution in [0.5, 0.6) is 0 Å². The normalized spacial score (nSPS) is 30.2. The van der Waals surface area contributed by atoms with E-state index in [9.17, 15) is 5.11 Å². The van der Waals surface area contributed by atoms with Gasteiger partial charge in [0.2, 0.25) is 0 Å². The molecule has 1 saturated heterocycles. The molecule has 2 aromatic rings. The van der Waals surface area contributed by atoms with E-state index in [1.54, 1.807) is 0 Å². The number of benzene rings is 2. The molecule has 3 rings (SSSR count). The Morgan fingerprint density at radius 3 is 2.17 bits per heavy atom. The Morgan fingerprint density at radius 2 is 1.58 bits per heavy atom. The summed E-state index contributed by atoms with van der Waals surface area (Å²) in [5.74, 6) is 0.186. The molecule has 128 valence electrons. The van der Waals surface area contributed by atoms with Crippen molar-refractivity contribution in [1.29, 1.82) is 0 Å². The molecule has 0 aromatic heterocycles. The Hall–Kier alpha value is -1.64. The van der Waals surface area contributed by atoms with Crippen molar-refractivity contribution >= 4 is 0 Å². The van der Waals surface area contributed by atoms with Crippen molar-refractivity contribution in [1.82, 2.24) is 5.32 Å². The lowest BCUT2D eigenvalue weighted by Gasteiger charge is -2.48. The number of rotatable bonds is 5. The fourth-order valence-electron chi connectivity index (χ4n) is 4.03. The summed E-state index contributed by atoms with van der Waals surface area (Å²) in [4.78, 5) is 0. The fraction of sp³-hybridized carbons (Fsp3) is 0.455. The summed E-state index contributed by atoms with van der Waals surface area (Å²) in [6.45, 7) is 4.39. The second kappa shape index (κ2) is 7.50. The van der Waals surface area contributed by atoms with Crippen LogP contribution in [0, 0.1) is 5.92 Å². The minimum Gasteiger partial charge on any atom is -0.389 e. The van der Waals surface area contributed by atoms with Crippen LogP contribution in [0.2, 0.25) is 0 Å². The highest BCUT2D eigenvalue weighted by Gasteiger charge is 2.45. The van der Waals surface area contributed by atoms with Crippen LogP contribution in [0.25, 0.3) is 0 Å². The molecular formula is C22H29NO. The molecule has 0 unspecified atom stereocenters. The third-order valence-electron chi connectivity index (χ3n) is 5.61. The molecule has 1 aliphatic heterocycles. The third kappa shape index (κ3) is 3.55. The molecule has 0 bridgehead atoms. The van der Waals surface area contributed by atoms with E-state index in [1.807, 2.05) is 6.07 Å². The van der Waals surface area contributed by atoms with Crippen molar-refractivity contribution in [3.63, 3.8) is 0 Å². The van der Waals surface area contributed by atoms with Crippen molar-refractivity contribution in [3.05, 3.63) is 71.8 Å². The highest BCUT2D eigenvalue weighted by Crippen LogP contribution is 2.45. The van der Waals surface area contributed by atoms with E-state index in [4.69, 9.17) is 0 Å². The predicted octanol–water partition coefficient (Wildman–Crippen LogP) is 5.02. The van der Waals surface area contributed by atoms with Crippen LogP contribution in [0.3, 0.4) is 0 Å². The van der Waals surface area contributed by atoms with Crippen LogP contribution in [0.15, 0.2) is 60.7 Å². The molecule has 0 saturated carbocycles. The Bertz CT molecular complexity index is 627. The SMILES string of the molecule is CCCC[C@@]1(O)C[C@H](c2ccccc2)N[C@H](c2ccccc2)[C@@H]1C. The highest BCUT2D eigenvalue weighted by molar-refractivity contribution is 5.26. The zero-order chi connectivity index (χ0) is 17.0. The van der Waals surface area contributed by atoms with Crippen LogP contribution in [0.4, 0.5) is 0 Å². The lowest BCUT2D eigenvalue weighted by Crippen LogP contribution is -2.52. The predicted molar refractivity (Wildman–Crippen MR) is 99.8 cm³/mol. The Kier molecular flexibility index (Phi) is 5.37. The van der Waals surface area contributed by atoms with E-state index in [2.05, 4.69) is 73.8 Å². The largest absolute Gasteiger partial charge is 0.389 e. The smallest absolute Gasteiger partial charge is 0.0709 e. The van der Waals surface area contributed by atoms with Gasteiger partial charge in [0.1, 0.15) is 0 Å². The lowest BCUT2D eigenvalue weighted by atomic mass is 9.70. The van der Waals surface area contributed by atoms with Gasteiger partial charge < -0.3 is 10.4 Å². The molecule has 4 atom stereocenters. The van der Waals surface area contributed by atoms with Gasteiger partial charge in [-0.05, 0) is 24.0 Å². The molecule has 0 radical (unpaired) electrons. The number of nitrogens with one attached hydrogen (secondary N) is 1. The van der Waals surface area contributed by atoms with Gasteiger partial charge in [0.15, 0.2) is 0 Å². The van der Waals surface area contributed by atoms with Gasteiger partial charge in [0, 0.05) is 18.0 Å². The Labute approximate surface area is 145 Å². The number of piperidine rings is 1. The zero-order valence-electron chi connectivity index (χ0n) is 14.8. The molecule has 0 spiro atoms. The van der Waals surface area contributed by atoms with Gasteiger partial charge >= 0.3 is 0 Å². The first-order valence-corrected chi connectivity index (χ1v) is 9.22. The molecular weight excluding hydrogens is 294 g/mol. The number of hydrogen-bond acceptors (Lipinski definition) is 2. The van der Waals surface area contributed by atoms with Gasteiger partial charge in [0.05, 0.1) is 5.60 Å². The monoisotopic (exact) mass is 323 g/mol. The molecule has 1 fully saturated rings. The number of hydrogen-bond donors (Lipinski definition) is 2. The minimum absolute atomic E-state index is 0.173. The Balaban J connectivity index is 1.93. The van der Waals surface area contributed by atoms with E-state index in [0.29, 0.717) is 0 Å². The van der Waals surface area contributed by atoms with Gasteiger partial charge in [0.25, 0.3) is 0 Å². The molecule has 0 amide bonds. The second-order valence-electron chi connectivity index (χ2n) is 7.22. The maximum Gasteiger partial charge on any atom is 0.0709 e. The molecule has 1 aliphatic rings. The summed E-state index contributed by atoms with van der Waals surface area (Å²) >= 11 is 0. The molecule has 1 heterocycles. The molecule has 24 heavy (non-hydrogen) atoms. The topological polar surface area (TPSA) is 32.3 Å². The van der Waals surface area contributed by atoms with Crippen LogP contribution < -0.4 is 5.32 Å². The second-order valence-corrected chi connectivity index (χ2v) is 7.22. The van der Waals surface area contributed by atoms with Crippen LogP contribution >= 0.6 is 0 Å². The number of aliphatic hydroxyl groups is 1. The van der Waals surface area contributed by atoms with Gasteiger partial charge in [-0.1, -0.05) is 87.4 Å². The van der Waals surface area contributed by atoms with Crippen molar-refractivity contribution in [2.24, 2.45) is 5.92 Å². The van der Waals surface area contributed by atoms with E-state index < -0.39 is 5.60 Å². The molecule has 2 aromatic carbocycles. The maximum atomic E-state index is 11.5. The van der Waals surface area contributed by atoms with Crippen molar-refractivity contribution in [3.8, 4) is 0 Å². The summed E-state index contributed by atoms with van der Waals surface area (Å²) in [5, 5.41) is 15.3. The van der Waals surface area contributed by atoms with Gasteiger partial charge in [-0.15, -0.1) is 0 Å². The standard InChI is InChI=1S/C22H29NO/c1-3-4-15-22(24)16-20(18-11-7-5-8-12-18)23-21(17(22)2)19-13-9-6-10-14-19/h5-14,17,20-21,23-24H,3-4,15-16H2,1-2H3/t17-,20+,21-,22+/m0/s1. The van der Waals surface area contributed by atoms with Crippen molar-refractivity contribution in [2.75, 3.05) is 0 Å².